The van der Waals surface area contributed by atoms with Crippen LogP contribution in [0.15, 0.2) is 22.7 Å². The zero-order valence-electron chi connectivity index (χ0n) is 15.7. The molecule has 0 saturated carbocycles. The lowest BCUT2D eigenvalue weighted by Gasteiger charge is -2.25. The maximum Gasteiger partial charge on any atom is 0.161 e. The van der Waals surface area contributed by atoms with Crippen molar-refractivity contribution in [3.05, 3.63) is 40.8 Å². The van der Waals surface area contributed by atoms with E-state index in [1.54, 1.807) is 0 Å². The molecule has 1 aliphatic rings. The molecule has 3 rings (SSSR count). The number of hydrogen-bond donors (Lipinski definition) is 0. The van der Waals surface area contributed by atoms with E-state index in [1.165, 1.54) is 17.5 Å². The minimum absolute atomic E-state index is 0.383. The fraction of sp³-hybridized carbons (Fsp3) is 0.550. The SMILES string of the molecule is CCOc1ccc(CN2CCCC2c2c(C)noc2C)cc1OCC. The van der Waals surface area contributed by atoms with Gasteiger partial charge in [0.1, 0.15) is 5.76 Å². The first kappa shape index (κ1) is 17.8. The Hall–Kier alpha value is -2.01. The van der Waals surface area contributed by atoms with Gasteiger partial charge in [-0.05, 0) is 64.8 Å². The van der Waals surface area contributed by atoms with E-state index in [0.29, 0.717) is 19.3 Å². The molecule has 1 aromatic carbocycles. The fourth-order valence-corrected chi connectivity index (χ4v) is 3.74. The molecule has 0 bridgehead atoms. The van der Waals surface area contributed by atoms with Crippen LogP contribution in [0.25, 0.3) is 0 Å². The number of rotatable bonds is 7. The average molecular weight is 344 g/mol. The number of nitrogens with zero attached hydrogens (tertiary/aromatic N) is 2. The summed E-state index contributed by atoms with van der Waals surface area (Å²) >= 11 is 0. The number of likely N-dealkylation sites (tertiary alicyclic amines) is 1. The summed E-state index contributed by atoms with van der Waals surface area (Å²) in [5.74, 6) is 2.59. The minimum atomic E-state index is 0.383. The molecule has 0 amide bonds. The van der Waals surface area contributed by atoms with Crippen molar-refractivity contribution >= 4 is 0 Å². The molecule has 1 unspecified atom stereocenters. The van der Waals surface area contributed by atoms with E-state index in [-0.39, 0.29) is 0 Å². The van der Waals surface area contributed by atoms with Gasteiger partial charge in [0, 0.05) is 18.2 Å². The molecule has 1 aromatic heterocycles. The highest BCUT2D eigenvalue weighted by atomic mass is 16.5. The molecular formula is C20H28N2O3. The molecule has 1 fully saturated rings. The number of aryl methyl sites for hydroxylation is 2. The molecule has 25 heavy (non-hydrogen) atoms. The van der Waals surface area contributed by atoms with Gasteiger partial charge in [-0.15, -0.1) is 0 Å². The van der Waals surface area contributed by atoms with E-state index in [1.807, 2.05) is 33.8 Å². The van der Waals surface area contributed by atoms with Crippen molar-refractivity contribution in [3.8, 4) is 11.5 Å². The van der Waals surface area contributed by atoms with Crippen LogP contribution in [0.5, 0.6) is 11.5 Å². The Bertz CT molecular complexity index is 691. The van der Waals surface area contributed by atoms with Crippen LogP contribution >= 0.6 is 0 Å². The summed E-state index contributed by atoms with van der Waals surface area (Å²) < 4.78 is 16.8. The van der Waals surface area contributed by atoms with Gasteiger partial charge >= 0.3 is 0 Å². The van der Waals surface area contributed by atoms with Crippen molar-refractivity contribution in [1.82, 2.24) is 10.1 Å². The Morgan fingerprint density at radius 1 is 1.16 bits per heavy atom. The summed E-state index contributed by atoms with van der Waals surface area (Å²) in [6, 6.07) is 6.64. The van der Waals surface area contributed by atoms with Crippen LogP contribution in [0.1, 0.15) is 55.3 Å². The van der Waals surface area contributed by atoms with Crippen LogP contribution in [0.2, 0.25) is 0 Å². The van der Waals surface area contributed by atoms with Gasteiger partial charge in [-0.3, -0.25) is 4.90 Å². The molecule has 0 aliphatic carbocycles. The Kier molecular flexibility index (Phi) is 5.63. The highest BCUT2D eigenvalue weighted by Crippen LogP contribution is 2.37. The number of hydrogen-bond acceptors (Lipinski definition) is 5. The monoisotopic (exact) mass is 344 g/mol. The second-order valence-electron chi connectivity index (χ2n) is 6.51. The Morgan fingerprint density at radius 2 is 1.92 bits per heavy atom. The van der Waals surface area contributed by atoms with Crippen LogP contribution in [0.3, 0.4) is 0 Å². The van der Waals surface area contributed by atoms with Crippen molar-refractivity contribution in [2.24, 2.45) is 0 Å². The van der Waals surface area contributed by atoms with Crippen molar-refractivity contribution < 1.29 is 14.0 Å². The van der Waals surface area contributed by atoms with Gasteiger partial charge < -0.3 is 14.0 Å². The van der Waals surface area contributed by atoms with Crippen molar-refractivity contribution in [2.75, 3.05) is 19.8 Å². The highest BCUT2D eigenvalue weighted by molar-refractivity contribution is 5.43. The van der Waals surface area contributed by atoms with E-state index < -0.39 is 0 Å². The molecule has 0 N–H and O–H groups in total. The molecule has 1 aliphatic heterocycles. The van der Waals surface area contributed by atoms with Gasteiger partial charge in [0.25, 0.3) is 0 Å². The van der Waals surface area contributed by atoms with Gasteiger partial charge in [0.05, 0.1) is 18.9 Å². The molecule has 1 saturated heterocycles. The molecule has 136 valence electrons. The molecule has 5 heteroatoms. The fourth-order valence-electron chi connectivity index (χ4n) is 3.74. The molecule has 5 nitrogen and oxygen atoms in total. The second kappa shape index (κ2) is 7.91. The molecule has 2 heterocycles. The van der Waals surface area contributed by atoms with Gasteiger partial charge in [-0.2, -0.15) is 0 Å². The maximum absolute atomic E-state index is 5.76. The Morgan fingerprint density at radius 3 is 2.60 bits per heavy atom. The topological polar surface area (TPSA) is 47.7 Å². The molecule has 0 radical (unpaired) electrons. The molecule has 2 aromatic rings. The summed E-state index contributed by atoms with van der Waals surface area (Å²) in [4.78, 5) is 2.51. The Labute approximate surface area is 149 Å². The van der Waals surface area contributed by atoms with E-state index >= 15 is 0 Å². The predicted octanol–water partition coefficient (Wildman–Crippen LogP) is 4.43. The number of aromatic nitrogens is 1. The van der Waals surface area contributed by atoms with Gasteiger partial charge in [0.15, 0.2) is 11.5 Å². The van der Waals surface area contributed by atoms with E-state index in [4.69, 9.17) is 14.0 Å². The van der Waals surface area contributed by atoms with Gasteiger partial charge in [-0.25, -0.2) is 0 Å². The Balaban J connectivity index is 1.80. The normalized spacial score (nSPS) is 17.8. The van der Waals surface area contributed by atoms with Crippen molar-refractivity contribution in [2.45, 2.75) is 53.1 Å². The zero-order chi connectivity index (χ0) is 17.8. The van der Waals surface area contributed by atoms with Crippen LogP contribution in [0.4, 0.5) is 0 Å². The summed E-state index contributed by atoms with van der Waals surface area (Å²) in [5.41, 5.74) is 3.51. The molecule has 0 spiro atoms. The lowest BCUT2D eigenvalue weighted by molar-refractivity contribution is 0.244. The summed E-state index contributed by atoms with van der Waals surface area (Å²) in [6.07, 6.45) is 2.35. The van der Waals surface area contributed by atoms with Crippen LogP contribution in [-0.2, 0) is 6.54 Å². The minimum Gasteiger partial charge on any atom is -0.490 e. The van der Waals surface area contributed by atoms with Crippen LogP contribution in [0, 0.1) is 13.8 Å². The van der Waals surface area contributed by atoms with Crippen molar-refractivity contribution in [3.63, 3.8) is 0 Å². The first-order valence-electron chi connectivity index (χ1n) is 9.19. The third-order valence-electron chi connectivity index (χ3n) is 4.78. The lowest BCUT2D eigenvalue weighted by Crippen LogP contribution is -2.23. The zero-order valence-corrected chi connectivity index (χ0v) is 15.7. The number of benzene rings is 1. The van der Waals surface area contributed by atoms with Crippen LogP contribution < -0.4 is 9.47 Å². The quantitative estimate of drug-likeness (QED) is 0.744. The molecule has 1 atom stereocenters. The number of ether oxygens (including phenoxy) is 2. The average Bonchev–Trinajstić information content (AvgIpc) is 3.16. The molecular weight excluding hydrogens is 316 g/mol. The standard InChI is InChI=1S/C20H28N2O3/c1-5-23-18-10-9-16(12-19(18)24-6-2)13-22-11-7-8-17(22)20-14(3)21-25-15(20)4/h9-10,12,17H,5-8,11,13H2,1-4H3. The summed E-state index contributed by atoms with van der Waals surface area (Å²) in [7, 11) is 0. The summed E-state index contributed by atoms with van der Waals surface area (Å²) in [5, 5.41) is 4.13. The van der Waals surface area contributed by atoms with Crippen molar-refractivity contribution in [1.29, 1.82) is 0 Å². The summed E-state index contributed by atoms with van der Waals surface area (Å²) in [6.45, 7) is 11.3. The third-order valence-corrected chi connectivity index (χ3v) is 4.78. The predicted molar refractivity (Wildman–Crippen MR) is 97.1 cm³/mol. The largest absolute Gasteiger partial charge is 0.490 e. The van der Waals surface area contributed by atoms with E-state index in [0.717, 1.165) is 42.5 Å². The maximum atomic E-state index is 5.76. The van der Waals surface area contributed by atoms with Gasteiger partial charge in [-0.1, -0.05) is 11.2 Å². The van der Waals surface area contributed by atoms with Crippen LogP contribution in [-0.4, -0.2) is 29.8 Å². The second-order valence-corrected chi connectivity index (χ2v) is 6.51. The highest BCUT2D eigenvalue weighted by Gasteiger charge is 2.30. The first-order chi connectivity index (χ1) is 12.1. The smallest absolute Gasteiger partial charge is 0.161 e. The first-order valence-corrected chi connectivity index (χ1v) is 9.19. The van der Waals surface area contributed by atoms with E-state index in [9.17, 15) is 0 Å². The van der Waals surface area contributed by atoms with E-state index in [2.05, 4.69) is 22.2 Å². The lowest BCUT2D eigenvalue weighted by atomic mass is 10.0. The van der Waals surface area contributed by atoms with Gasteiger partial charge in [0.2, 0.25) is 0 Å². The third kappa shape index (κ3) is 3.82.